The Morgan fingerprint density at radius 2 is 2.07 bits per heavy atom. The molecular formula is C19H13ClFNO4S2. The average molecular weight is 438 g/mol. The van der Waals surface area contributed by atoms with Crippen molar-refractivity contribution in [1.29, 1.82) is 0 Å². The lowest BCUT2D eigenvalue weighted by atomic mass is 10.2. The van der Waals surface area contributed by atoms with E-state index in [0.717, 1.165) is 16.7 Å². The first-order valence-corrected chi connectivity index (χ1v) is 9.58. The number of ether oxygens (including phenoxy) is 1. The van der Waals surface area contributed by atoms with Crippen molar-refractivity contribution in [1.82, 2.24) is 4.90 Å². The van der Waals surface area contributed by atoms with Gasteiger partial charge in [-0.05, 0) is 35.9 Å². The van der Waals surface area contributed by atoms with Gasteiger partial charge in [-0.25, -0.2) is 4.39 Å². The number of thiocarbonyl (C=S) groups is 1. The molecule has 1 saturated heterocycles. The van der Waals surface area contributed by atoms with Crippen LogP contribution in [0.4, 0.5) is 4.39 Å². The average Bonchev–Trinajstić information content (AvgIpc) is 2.89. The number of carbonyl (C=O) groups is 2. The molecule has 0 spiro atoms. The summed E-state index contributed by atoms with van der Waals surface area (Å²) in [4.78, 5) is 24.5. The highest BCUT2D eigenvalue weighted by Crippen LogP contribution is 2.33. The second kappa shape index (κ2) is 8.72. The van der Waals surface area contributed by atoms with Gasteiger partial charge in [0.2, 0.25) is 0 Å². The minimum atomic E-state index is -1.14. The number of halogens is 2. The van der Waals surface area contributed by atoms with Gasteiger partial charge in [-0.1, -0.05) is 53.8 Å². The van der Waals surface area contributed by atoms with Crippen LogP contribution in [-0.4, -0.2) is 32.7 Å². The third-order valence-corrected chi connectivity index (χ3v) is 5.50. The van der Waals surface area contributed by atoms with E-state index in [-0.39, 0.29) is 21.5 Å². The van der Waals surface area contributed by atoms with Gasteiger partial charge in [0.25, 0.3) is 5.91 Å². The predicted molar refractivity (Wildman–Crippen MR) is 110 cm³/mol. The topological polar surface area (TPSA) is 66.8 Å². The van der Waals surface area contributed by atoms with E-state index in [1.54, 1.807) is 36.4 Å². The Morgan fingerprint density at radius 1 is 1.32 bits per heavy atom. The van der Waals surface area contributed by atoms with Crippen LogP contribution in [0.1, 0.15) is 11.1 Å². The molecule has 3 rings (SSSR count). The number of thioether (sulfide) groups is 1. The zero-order chi connectivity index (χ0) is 20.3. The van der Waals surface area contributed by atoms with Crippen molar-refractivity contribution in [3.63, 3.8) is 0 Å². The molecule has 1 heterocycles. The third kappa shape index (κ3) is 4.70. The van der Waals surface area contributed by atoms with Crippen molar-refractivity contribution in [3.8, 4) is 5.75 Å². The molecule has 1 amide bonds. The lowest BCUT2D eigenvalue weighted by Crippen LogP contribution is -2.33. The van der Waals surface area contributed by atoms with Gasteiger partial charge in [-0.3, -0.25) is 14.5 Å². The van der Waals surface area contributed by atoms with Crippen molar-refractivity contribution >= 4 is 57.9 Å². The molecule has 28 heavy (non-hydrogen) atoms. The molecule has 0 saturated carbocycles. The van der Waals surface area contributed by atoms with Crippen molar-refractivity contribution in [2.45, 2.75) is 6.61 Å². The fraction of sp³-hybridized carbons (Fsp3) is 0.105. The summed E-state index contributed by atoms with van der Waals surface area (Å²) in [6, 6.07) is 11.3. The number of carboxylic acids is 1. The number of hydrogen-bond donors (Lipinski definition) is 1. The van der Waals surface area contributed by atoms with Crippen LogP contribution in [0.2, 0.25) is 5.02 Å². The van der Waals surface area contributed by atoms with E-state index in [2.05, 4.69) is 0 Å². The third-order valence-electron chi connectivity index (χ3n) is 3.77. The van der Waals surface area contributed by atoms with Crippen LogP contribution in [0.15, 0.2) is 47.4 Å². The fourth-order valence-electron chi connectivity index (χ4n) is 2.44. The summed E-state index contributed by atoms with van der Waals surface area (Å²) >= 11 is 12.1. The number of nitrogens with zero attached hydrogens (tertiary/aromatic N) is 1. The zero-order valence-corrected chi connectivity index (χ0v) is 16.6. The van der Waals surface area contributed by atoms with Crippen LogP contribution in [0, 0.1) is 5.82 Å². The lowest BCUT2D eigenvalue weighted by molar-refractivity contribution is -0.140. The minimum absolute atomic E-state index is 0.0459. The Bertz CT molecular complexity index is 975. The van der Waals surface area contributed by atoms with Gasteiger partial charge in [0.1, 0.15) is 29.0 Å². The summed E-state index contributed by atoms with van der Waals surface area (Å²) in [5, 5.41) is 9.16. The summed E-state index contributed by atoms with van der Waals surface area (Å²) in [7, 11) is 0. The first kappa shape index (κ1) is 20.3. The molecule has 2 aromatic rings. The van der Waals surface area contributed by atoms with Crippen LogP contribution in [0.3, 0.4) is 0 Å². The number of aliphatic carboxylic acids is 1. The van der Waals surface area contributed by atoms with Crippen molar-refractivity contribution in [3.05, 3.63) is 69.3 Å². The first-order chi connectivity index (χ1) is 13.3. The Morgan fingerprint density at radius 3 is 2.79 bits per heavy atom. The van der Waals surface area contributed by atoms with Crippen LogP contribution in [0.25, 0.3) is 6.08 Å². The summed E-state index contributed by atoms with van der Waals surface area (Å²) < 4.78 is 19.7. The van der Waals surface area contributed by atoms with Gasteiger partial charge >= 0.3 is 5.97 Å². The molecule has 1 fully saturated rings. The molecule has 1 N–H and O–H groups in total. The number of carboxylic acid groups (broad SMARTS) is 1. The molecular weight excluding hydrogens is 425 g/mol. The first-order valence-electron chi connectivity index (χ1n) is 7.98. The number of rotatable bonds is 6. The van der Waals surface area contributed by atoms with E-state index >= 15 is 0 Å². The largest absolute Gasteiger partial charge is 0.489 e. The molecule has 9 heteroatoms. The predicted octanol–water partition coefficient (Wildman–Crippen LogP) is 4.34. The van der Waals surface area contributed by atoms with Gasteiger partial charge in [0.15, 0.2) is 0 Å². The smallest absolute Gasteiger partial charge is 0.323 e. The van der Waals surface area contributed by atoms with Crippen LogP contribution in [0.5, 0.6) is 5.75 Å². The highest BCUT2D eigenvalue weighted by Gasteiger charge is 2.33. The summed E-state index contributed by atoms with van der Waals surface area (Å²) in [6.07, 6.45) is 1.60. The highest BCUT2D eigenvalue weighted by molar-refractivity contribution is 8.26. The number of carbonyl (C=O) groups excluding carboxylic acids is 1. The van der Waals surface area contributed by atoms with Crippen LogP contribution < -0.4 is 4.74 Å². The van der Waals surface area contributed by atoms with Crippen molar-refractivity contribution in [2.24, 2.45) is 0 Å². The van der Waals surface area contributed by atoms with E-state index in [0.29, 0.717) is 16.2 Å². The Hall–Kier alpha value is -2.42. The minimum Gasteiger partial charge on any atom is -0.489 e. The van der Waals surface area contributed by atoms with Gasteiger partial charge in [-0.15, -0.1) is 0 Å². The molecule has 0 radical (unpaired) electrons. The summed E-state index contributed by atoms with van der Waals surface area (Å²) in [5.41, 5.74) is 0.914. The summed E-state index contributed by atoms with van der Waals surface area (Å²) in [5.74, 6) is -1.58. The Labute approximate surface area is 174 Å². The number of amides is 1. The van der Waals surface area contributed by atoms with Crippen molar-refractivity contribution < 1.29 is 23.8 Å². The van der Waals surface area contributed by atoms with Crippen molar-refractivity contribution in [2.75, 3.05) is 6.54 Å². The van der Waals surface area contributed by atoms with E-state index in [4.69, 9.17) is 33.7 Å². The maximum Gasteiger partial charge on any atom is 0.323 e. The second-order valence-electron chi connectivity index (χ2n) is 5.72. The van der Waals surface area contributed by atoms with Crippen LogP contribution >= 0.6 is 35.6 Å². The molecule has 0 unspecified atom stereocenters. The van der Waals surface area contributed by atoms with Gasteiger partial charge in [0, 0.05) is 5.56 Å². The lowest BCUT2D eigenvalue weighted by Gasteiger charge is -2.10. The molecule has 144 valence electrons. The molecule has 1 aliphatic rings. The van der Waals surface area contributed by atoms with E-state index in [1.807, 2.05) is 0 Å². The fourth-order valence-corrected chi connectivity index (χ4v) is 3.92. The maximum absolute atomic E-state index is 13.8. The number of hydrogen-bond acceptors (Lipinski definition) is 5. The molecule has 0 aliphatic carbocycles. The maximum atomic E-state index is 13.8. The van der Waals surface area contributed by atoms with E-state index < -0.39 is 24.2 Å². The zero-order valence-electron chi connectivity index (χ0n) is 14.2. The van der Waals surface area contributed by atoms with Gasteiger partial charge in [-0.2, -0.15) is 0 Å². The van der Waals surface area contributed by atoms with E-state index in [9.17, 15) is 14.0 Å². The highest BCUT2D eigenvalue weighted by atomic mass is 35.5. The van der Waals surface area contributed by atoms with Crippen LogP contribution in [-0.2, 0) is 16.2 Å². The SMILES string of the molecule is O=C(O)CN1C(=O)/C(=C\c2cccc(OCc3c(F)cccc3Cl)c2)SC1=S. The second-order valence-corrected chi connectivity index (χ2v) is 7.81. The standard InChI is InChI=1S/C19H13ClFNO4S2/c20-14-5-2-6-15(21)13(14)10-26-12-4-1-3-11(7-12)8-16-18(25)22(9-17(23)24)19(27)28-16/h1-8H,9-10H2,(H,23,24)/b16-8+. The van der Waals surface area contributed by atoms with Gasteiger partial charge < -0.3 is 9.84 Å². The van der Waals surface area contributed by atoms with Gasteiger partial charge in [0.05, 0.1) is 9.93 Å². The number of benzene rings is 2. The molecule has 0 atom stereocenters. The Kier molecular flexibility index (Phi) is 6.33. The van der Waals surface area contributed by atoms with E-state index in [1.165, 1.54) is 12.1 Å². The molecule has 0 bridgehead atoms. The molecule has 1 aliphatic heterocycles. The summed E-state index contributed by atoms with van der Waals surface area (Å²) in [6.45, 7) is -0.524. The molecule has 0 aromatic heterocycles. The normalized spacial score (nSPS) is 15.4. The Balaban J connectivity index is 1.75. The molecule has 5 nitrogen and oxygen atoms in total. The quantitative estimate of drug-likeness (QED) is 0.535. The monoisotopic (exact) mass is 437 g/mol. The molecule has 2 aromatic carbocycles.